The van der Waals surface area contributed by atoms with E-state index in [2.05, 4.69) is 34.9 Å². The zero-order chi connectivity index (χ0) is 15.7. The number of ether oxygens (including phenoxy) is 1. The lowest BCUT2D eigenvalue weighted by atomic mass is 9.94. The lowest BCUT2D eigenvalue weighted by Crippen LogP contribution is -2.32. The highest BCUT2D eigenvalue weighted by molar-refractivity contribution is 7.13. The molecule has 1 aromatic rings. The van der Waals surface area contributed by atoms with E-state index in [0.717, 1.165) is 37.0 Å². The zero-order valence-electron chi connectivity index (χ0n) is 13.4. The van der Waals surface area contributed by atoms with Crippen LogP contribution in [0.4, 0.5) is 0 Å². The molecule has 1 rings (SSSR count). The summed E-state index contributed by atoms with van der Waals surface area (Å²) in [6.45, 7) is 8.17. The fourth-order valence-electron chi connectivity index (χ4n) is 2.23. The quantitative estimate of drug-likeness (QED) is 0.287. The highest BCUT2D eigenvalue weighted by atomic mass is 31.0. The molecule has 116 valence electrons. The molecule has 1 aromatic carbocycles. The van der Waals surface area contributed by atoms with Crippen LogP contribution in [0.2, 0.25) is 0 Å². The lowest BCUT2D eigenvalue weighted by molar-refractivity contribution is 0.0699. The van der Waals surface area contributed by atoms with Crippen LogP contribution in [0.1, 0.15) is 45.1 Å². The van der Waals surface area contributed by atoms with Gasteiger partial charge in [0.2, 0.25) is 0 Å². The van der Waals surface area contributed by atoms with Gasteiger partial charge in [0.1, 0.15) is 11.4 Å². The van der Waals surface area contributed by atoms with Crippen LogP contribution in [0, 0.1) is 0 Å². The molecule has 0 saturated heterocycles. The molecule has 2 atom stereocenters. The van der Waals surface area contributed by atoms with Gasteiger partial charge in [-0.3, -0.25) is 4.78 Å². The van der Waals surface area contributed by atoms with Crippen molar-refractivity contribution in [3.8, 4) is 5.75 Å². The Morgan fingerprint density at radius 3 is 2.52 bits per heavy atom. The number of rotatable bonds is 9. The molecule has 0 aliphatic rings. The van der Waals surface area contributed by atoms with E-state index in [1.54, 1.807) is 4.78 Å². The third-order valence-electron chi connectivity index (χ3n) is 3.29. The third kappa shape index (κ3) is 6.77. The maximum absolute atomic E-state index is 6.22. The second-order valence-electron chi connectivity index (χ2n) is 5.52. The Balaban J connectivity index is 2.73. The number of nitrogens with zero attached hydrogens (tertiary/aromatic N) is 2. The van der Waals surface area contributed by atoms with E-state index in [1.165, 1.54) is 0 Å². The van der Waals surface area contributed by atoms with E-state index >= 15 is 0 Å². The van der Waals surface area contributed by atoms with Crippen LogP contribution in [0.15, 0.2) is 42.0 Å². The van der Waals surface area contributed by atoms with Crippen molar-refractivity contribution in [2.75, 3.05) is 7.05 Å². The van der Waals surface area contributed by atoms with Crippen molar-refractivity contribution >= 4 is 15.6 Å². The summed E-state index contributed by atoms with van der Waals surface area (Å²) in [6.07, 6.45) is 7.89. The van der Waals surface area contributed by atoms with Crippen LogP contribution in [-0.2, 0) is 0 Å². The smallest absolute Gasteiger partial charge is 0.120 e. The van der Waals surface area contributed by atoms with Gasteiger partial charge in [0.05, 0.1) is 6.21 Å². The van der Waals surface area contributed by atoms with E-state index in [1.807, 2.05) is 43.6 Å². The van der Waals surface area contributed by atoms with Gasteiger partial charge in [0.25, 0.3) is 0 Å². The Morgan fingerprint density at radius 2 is 2.00 bits per heavy atom. The van der Waals surface area contributed by atoms with Crippen LogP contribution >= 0.6 is 9.39 Å². The standard InChI is InChI=1S/C17H27N2OP/c1-5-7-13-17(3,12-6-2)20-16-10-8-15(9-11-16)14-18-19(4)21/h5,8-11,14H,1,6-7,12-13,21H2,2-4H3. The average molecular weight is 306 g/mol. The normalized spacial score (nSPS) is 13.9. The minimum atomic E-state index is -0.126. The van der Waals surface area contributed by atoms with Crippen molar-refractivity contribution in [2.45, 2.75) is 45.1 Å². The Labute approximate surface area is 131 Å². The summed E-state index contributed by atoms with van der Waals surface area (Å²) in [7, 11) is 4.36. The van der Waals surface area contributed by atoms with Crippen LogP contribution < -0.4 is 4.74 Å². The lowest BCUT2D eigenvalue weighted by Gasteiger charge is -2.30. The maximum atomic E-state index is 6.22. The van der Waals surface area contributed by atoms with Gasteiger partial charge in [-0.2, -0.15) is 5.10 Å². The molecule has 0 fully saturated rings. The predicted molar refractivity (Wildman–Crippen MR) is 94.9 cm³/mol. The molecule has 0 radical (unpaired) electrons. The van der Waals surface area contributed by atoms with Crippen molar-refractivity contribution in [1.29, 1.82) is 0 Å². The van der Waals surface area contributed by atoms with Gasteiger partial charge in [-0.15, -0.1) is 6.58 Å². The second-order valence-corrected chi connectivity index (χ2v) is 6.26. The summed E-state index contributed by atoms with van der Waals surface area (Å²) in [5.74, 6) is 0.909. The molecule has 0 bridgehead atoms. The van der Waals surface area contributed by atoms with Crippen molar-refractivity contribution in [3.05, 3.63) is 42.5 Å². The molecule has 2 unspecified atom stereocenters. The monoisotopic (exact) mass is 306 g/mol. The molecule has 4 heteroatoms. The van der Waals surface area contributed by atoms with Crippen LogP contribution in [0.3, 0.4) is 0 Å². The zero-order valence-corrected chi connectivity index (χ0v) is 14.5. The summed E-state index contributed by atoms with van der Waals surface area (Å²) >= 11 is 0. The second kappa shape index (κ2) is 8.84. The van der Waals surface area contributed by atoms with Gasteiger partial charge in [-0.25, -0.2) is 0 Å². The molecule has 3 nitrogen and oxygen atoms in total. The molecule has 21 heavy (non-hydrogen) atoms. The minimum Gasteiger partial charge on any atom is -0.488 e. The van der Waals surface area contributed by atoms with Crippen molar-refractivity contribution < 1.29 is 4.74 Å². The van der Waals surface area contributed by atoms with Crippen molar-refractivity contribution in [2.24, 2.45) is 5.10 Å². The first kappa shape index (κ1) is 17.7. The van der Waals surface area contributed by atoms with Crippen LogP contribution in [0.5, 0.6) is 5.75 Å². The van der Waals surface area contributed by atoms with E-state index in [9.17, 15) is 0 Å². The predicted octanol–water partition coefficient (Wildman–Crippen LogP) is 4.65. The molecule has 0 aliphatic heterocycles. The summed E-state index contributed by atoms with van der Waals surface area (Å²) in [6, 6.07) is 8.05. The molecule has 0 aromatic heterocycles. The third-order valence-corrected chi connectivity index (χ3v) is 3.42. The average Bonchev–Trinajstić information content (AvgIpc) is 2.45. The maximum Gasteiger partial charge on any atom is 0.120 e. The SMILES string of the molecule is C=CCCC(C)(CCC)Oc1ccc(C=NN(C)P)cc1. The summed E-state index contributed by atoms with van der Waals surface area (Å²) in [5, 5.41) is 4.19. The van der Waals surface area contributed by atoms with E-state index < -0.39 is 0 Å². The van der Waals surface area contributed by atoms with Crippen molar-refractivity contribution in [3.63, 3.8) is 0 Å². The molecule has 0 amide bonds. The minimum absolute atomic E-state index is 0.126. The van der Waals surface area contributed by atoms with E-state index in [0.29, 0.717) is 0 Å². The van der Waals surface area contributed by atoms with Gasteiger partial charge in [0, 0.05) is 7.05 Å². The first-order chi connectivity index (χ1) is 9.99. The van der Waals surface area contributed by atoms with Gasteiger partial charge in [-0.05, 0) is 65.4 Å². The van der Waals surface area contributed by atoms with Gasteiger partial charge >= 0.3 is 0 Å². The summed E-state index contributed by atoms with van der Waals surface area (Å²) < 4.78 is 7.91. The van der Waals surface area contributed by atoms with Gasteiger partial charge in [0.15, 0.2) is 0 Å². The van der Waals surface area contributed by atoms with Crippen LogP contribution in [-0.4, -0.2) is 23.6 Å². The molecule has 0 heterocycles. The Bertz CT molecular complexity index is 456. The Morgan fingerprint density at radius 1 is 1.33 bits per heavy atom. The first-order valence-corrected chi connectivity index (χ1v) is 7.93. The molecule has 0 N–H and O–H groups in total. The molecule has 0 aliphatic carbocycles. The number of hydrogen-bond donors (Lipinski definition) is 0. The fourth-order valence-corrected chi connectivity index (χ4v) is 2.29. The van der Waals surface area contributed by atoms with Crippen LogP contribution in [0.25, 0.3) is 0 Å². The highest BCUT2D eigenvalue weighted by Gasteiger charge is 2.24. The van der Waals surface area contributed by atoms with Gasteiger partial charge in [-0.1, -0.05) is 19.4 Å². The Hall–Kier alpha value is -1.34. The van der Waals surface area contributed by atoms with Gasteiger partial charge < -0.3 is 4.74 Å². The molecular formula is C17H27N2OP. The number of hydrazone groups is 1. The van der Waals surface area contributed by atoms with E-state index in [-0.39, 0.29) is 5.60 Å². The number of hydrogen-bond acceptors (Lipinski definition) is 3. The van der Waals surface area contributed by atoms with E-state index in [4.69, 9.17) is 4.74 Å². The number of allylic oxidation sites excluding steroid dienone is 1. The summed E-state index contributed by atoms with van der Waals surface area (Å²) in [5.41, 5.74) is 0.929. The fraction of sp³-hybridized carbons (Fsp3) is 0.471. The summed E-state index contributed by atoms with van der Waals surface area (Å²) in [4.78, 5) is 0. The molecular weight excluding hydrogens is 279 g/mol. The topological polar surface area (TPSA) is 24.8 Å². The number of benzene rings is 1. The van der Waals surface area contributed by atoms with Crippen molar-refractivity contribution in [1.82, 2.24) is 4.78 Å². The molecule has 0 spiro atoms. The largest absolute Gasteiger partial charge is 0.488 e. The molecule has 0 saturated carbocycles. The Kier molecular flexibility index (Phi) is 7.45. The first-order valence-electron chi connectivity index (χ1n) is 7.41. The highest BCUT2D eigenvalue weighted by Crippen LogP contribution is 2.27.